The van der Waals surface area contributed by atoms with E-state index in [1.54, 1.807) is 18.2 Å². The van der Waals surface area contributed by atoms with Crippen LogP contribution in [0.2, 0.25) is 0 Å². The van der Waals surface area contributed by atoms with Crippen LogP contribution in [0.4, 0.5) is 0 Å². The summed E-state index contributed by atoms with van der Waals surface area (Å²) < 4.78 is 30.1. The van der Waals surface area contributed by atoms with Gasteiger partial charge < -0.3 is 14.0 Å². The smallest absolute Gasteiger partial charge is 0.0774 e. The molecular weight excluding hydrogens is 839 g/mol. The van der Waals surface area contributed by atoms with E-state index < -0.39 is 6.85 Å². The Hall–Kier alpha value is -6.39. The molecule has 0 amide bonds. The second kappa shape index (κ2) is 15.3. The van der Waals surface area contributed by atoms with E-state index in [0.29, 0.717) is 0 Å². The number of aryl methyl sites for hydroxylation is 1. The number of hydrogen-bond donors (Lipinski definition) is 0. The van der Waals surface area contributed by atoms with Crippen molar-refractivity contribution in [3.63, 3.8) is 0 Å². The van der Waals surface area contributed by atoms with Crippen LogP contribution in [0.5, 0.6) is 0 Å². The molecule has 261 valence electrons. The van der Waals surface area contributed by atoms with Gasteiger partial charge in [-0.15, -0.1) is 42.0 Å². The van der Waals surface area contributed by atoms with Crippen molar-refractivity contribution in [2.45, 2.75) is 6.85 Å². The van der Waals surface area contributed by atoms with E-state index in [1.165, 1.54) is 6.20 Å². The van der Waals surface area contributed by atoms with E-state index >= 15 is 0 Å². The van der Waals surface area contributed by atoms with Crippen LogP contribution < -0.4 is 0 Å². The third-order valence-corrected chi connectivity index (χ3v) is 9.37. The summed E-state index contributed by atoms with van der Waals surface area (Å²) in [6.45, 7) is -2.09. The molecule has 0 aliphatic heterocycles. The quantitative estimate of drug-likeness (QED) is 0.162. The van der Waals surface area contributed by atoms with Crippen molar-refractivity contribution < 1.29 is 28.6 Å². The summed E-state index contributed by atoms with van der Waals surface area (Å²) in [7, 11) is 0. The normalized spacial score (nSPS) is 12.0. The van der Waals surface area contributed by atoms with Gasteiger partial charge in [0.1, 0.15) is 0 Å². The first-order valence-electron chi connectivity index (χ1n) is 18.9. The van der Waals surface area contributed by atoms with Crippen molar-refractivity contribution in [1.29, 1.82) is 0 Å². The van der Waals surface area contributed by atoms with E-state index in [0.717, 1.165) is 83.4 Å². The first-order chi connectivity index (χ1) is 27.4. The minimum absolute atomic E-state index is 0. The van der Waals surface area contributed by atoms with Crippen molar-refractivity contribution in [3.05, 3.63) is 200 Å². The minimum Gasteiger partial charge on any atom is -0.557 e. The molecule has 0 atom stereocenters. The van der Waals surface area contributed by atoms with Crippen molar-refractivity contribution >= 4 is 32.8 Å². The number of benzene rings is 7. The van der Waals surface area contributed by atoms with Gasteiger partial charge in [0.05, 0.1) is 22.5 Å². The largest absolute Gasteiger partial charge is 0.557 e. The second-order valence-electron chi connectivity index (χ2n) is 12.6. The Labute approximate surface area is 332 Å². The first kappa shape index (κ1) is 31.2. The number of para-hydroxylation sites is 3. The number of furan rings is 1. The monoisotopic (exact) mass is 875 g/mol. The molecule has 0 N–H and O–H groups in total. The minimum atomic E-state index is -2.09. The summed E-state index contributed by atoms with van der Waals surface area (Å²) in [5, 5.41) is 3.20. The molecule has 10 rings (SSSR count). The number of rotatable bonds is 5. The van der Waals surface area contributed by atoms with Gasteiger partial charge in [-0.25, -0.2) is 0 Å². The second-order valence-corrected chi connectivity index (χ2v) is 12.6. The molecule has 10 aromatic rings. The van der Waals surface area contributed by atoms with Crippen LogP contribution in [0.15, 0.2) is 187 Å². The zero-order valence-electron chi connectivity index (χ0n) is 31.9. The third-order valence-electron chi connectivity index (χ3n) is 9.37. The summed E-state index contributed by atoms with van der Waals surface area (Å²) in [5.74, 6) is 0.802. The number of aromatic nitrogens is 3. The third kappa shape index (κ3) is 6.56. The summed E-state index contributed by atoms with van der Waals surface area (Å²) in [4.78, 5) is 9.33. The van der Waals surface area contributed by atoms with Crippen molar-refractivity contribution in [1.82, 2.24) is 14.5 Å². The predicted octanol–water partition coefficient (Wildman–Crippen LogP) is 12.6. The molecule has 0 fully saturated rings. The molecular formula is C49H33IrN3O-2. The van der Waals surface area contributed by atoms with Gasteiger partial charge in [-0.05, 0) is 52.1 Å². The average Bonchev–Trinajstić information content (AvgIpc) is 3.86. The van der Waals surface area contributed by atoms with Gasteiger partial charge in [-0.2, -0.15) is 0 Å². The standard InChI is InChI=1S/C37H23N2O.C12H10N.Ir/c1-3-12-25(13-4-1)28-18-11-19-29(26-14-5-2-6-15-26)35(28)39-34-21-10-9-20-33(34)38-37(39)32-24-40-36-30-17-8-7-16-27(30)22-23-31(32)36;1-10-7-8-12(13-9-10)11-5-3-2-4-6-11;/h1-23H;2-5,7-9H,1H3;/q2*-1;/i;1D3;. The fraction of sp³-hybridized carbons (Fsp3) is 0.0204. The van der Waals surface area contributed by atoms with E-state index in [1.807, 2.05) is 36.4 Å². The van der Waals surface area contributed by atoms with Crippen LogP contribution in [-0.2, 0) is 20.1 Å². The number of pyridine rings is 1. The number of imidazole rings is 1. The Morgan fingerprint density at radius 1 is 0.630 bits per heavy atom. The summed E-state index contributed by atoms with van der Waals surface area (Å²) in [5.41, 5.74) is 11.1. The van der Waals surface area contributed by atoms with Crippen LogP contribution in [-0.4, -0.2) is 14.5 Å². The fourth-order valence-electron chi connectivity index (χ4n) is 6.88. The Kier molecular flexibility index (Phi) is 8.83. The van der Waals surface area contributed by atoms with Crippen LogP contribution >= 0.6 is 0 Å². The van der Waals surface area contributed by atoms with Gasteiger partial charge in [0.2, 0.25) is 0 Å². The van der Waals surface area contributed by atoms with Gasteiger partial charge in [0.15, 0.2) is 0 Å². The predicted molar refractivity (Wildman–Crippen MR) is 217 cm³/mol. The van der Waals surface area contributed by atoms with Crippen molar-refractivity contribution in [2.75, 3.05) is 0 Å². The van der Waals surface area contributed by atoms with Gasteiger partial charge >= 0.3 is 0 Å². The van der Waals surface area contributed by atoms with E-state index in [4.69, 9.17) is 13.5 Å². The number of fused-ring (bicyclic) bond motifs is 4. The Morgan fingerprint density at radius 3 is 2.04 bits per heavy atom. The van der Waals surface area contributed by atoms with Crippen LogP contribution in [0.25, 0.3) is 83.4 Å². The molecule has 3 aromatic heterocycles. The number of nitrogens with zero attached hydrogens (tertiary/aromatic N) is 3. The van der Waals surface area contributed by atoms with E-state index in [9.17, 15) is 0 Å². The van der Waals surface area contributed by atoms with Crippen LogP contribution in [0, 0.1) is 19.2 Å². The SMILES string of the molecule is [2H]C([2H])([2H])c1ccc(-c2[c-]cccc2)nc1.[Ir].[c-]1oc2c(ccc3ccccc32)c1-c1nc2ccccc2n1-c1c(-c2ccccc2)cccc1-c1ccccc1. The Balaban J connectivity index is 0.000000226. The Bertz CT molecular complexity index is 2890. The zero-order valence-corrected chi connectivity index (χ0v) is 31.3. The van der Waals surface area contributed by atoms with Gasteiger partial charge in [0.25, 0.3) is 0 Å². The molecule has 5 heteroatoms. The van der Waals surface area contributed by atoms with Gasteiger partial charge in [0, 0.05) is 53.4 Å². The van der Waals surface area contributed by atoms with Gasteiger partial charge in [-0.3, -0.25) is 4.98 Å². The number of hydrogen-bond acceptors (Lipinski definition) is 3. The maximum Gasteiger partial charge on any atom is 0.0774 e. The first-order valence-corrected chi connectivity index (χ1v) is 17.4. The summed E-state index contributed by atoms with van der Waals surface area (Å²) in [6, 6.07) is 62.3. The van der Waals surface area contributed by atoms with Crippen LogP contribution in [0.1, 0.15) is 9.68 Å². The van der Waals surface area contributed by atoms with Crippen molar-refractivity contribution in [2.24, 2.45) is 0 Å². The molecule has 0 saturated heterocycles. The molecule has 54 heavy (non-hydrogen) atoms. The molecule has 7 aromatic carbocycles. The van der Waals surface area contributed by atoms with Crippen molar-refractivity contribution in [3.8, 4) is 50.6 Å². The molecule has 4 nitrogen and oxygen atoms in total. The van der Waals surface area contributed by atoms with Crippen LogP contribution in [0.3, 0.4) is 0 Å². The molecule has 1 radical (unpaired) electrons. The average molecular weight is 875 g/mol. The summed E-state index contributed by atoms with van der Waals surface area (Å²) in [6.07, 6.45) is 4.65. The molecule has 0 aliphatic rings. The Morgan fingerprint density at radius 2 is 1.33 bits per heavy atom. The molecule has 0 saturated carbocycles. The molecule has 0 bridgehead atoms. The molecule has 0 aliphatic carbocycles. The molecule has 0 spiro atoms. The fourth-order valence-corrected chi connectivity index (χ4v) is 6.88. The maximum atomic E-state index is 7.23. The van der Waals surface area contributed by atoms with Gasteiger partial charge in [-0.1, -0.05) is 144 Å². The molecule has 3 heterocycles. The summed E-state index contributed by atoms with van der Waals surface area (Å²) >= 11 is 0. The van der Waals surface area contributed by atoms with E-state index in [2.05, 4.69) is 143 Å². The topological polar surface area (TPSA) is 43.9 Å². The van der Waals surface area contributed by atoms with E-state index in [-0.39, 0.29) is 25.7 Å². The zero-order chi connectivity index (χ0) is 38.1. The maximum absolute atomic E-state index is 7.23. The molecule has 0 unspecified atom stereocenters.